The van der Waals surface area contributed by atoms with Gasteiger partial charge in [-0.3, -0.25) is 0 Å². The quantitative estimate of drug-likeness (QED) is 0.0765. The van der Waals surface area contributed by atoms with Gasteiger partial charge < -0.3 is 20.7 Å². The molecule has 4 N–H and O–H groups in total. The van der Waals surface area contributed by atoms with E-state index in [1.165, 1.54) is 122 Å². The lowest BCUT2D eigenvalue weighted by Gasteiger charge is -2.03. The molecule has 0 aliphatic carbocycles. The van der Waals surface area contributed by atoms with Gasteiger partial charge in [0.05, 0.1) is 0 Å². The number of allylic oxidation sites excluding steroid dienone is 2. The van der Waals surface area contributed by atoms with E-state index in [1.54, 1.807) is 14.2 Å². The second kappa shape index (κ2) is 39.8. The maximum absolute atomic E-state index is 8.93. The van der Waals surface area contributed by atoms with E-state index in [9.17, 15) is 0 Å². The van der Waals surface area contributed by atoms with Gasteiger partial charge >= 0.3 is 0 Å². The largest absolute Gasteiger partial charge is 0.396 e. The van der Waals surface area contributed by atoms with Crippen LogP contribution in [0.15, 0.2) is 12.2 Å². The molecule has 4 nitrogen and oxygen atoms in total. The van der Waals surface area contributed by atoms with Gasteiger partial charge in [0.15, 0.2) is 0 Å². The molecule has 0 amide bonds. The van der Waals surface area contributed by atoms with E-state index in [4.69, 9.17) is 15.9 Å². The average Bonchev–Trinajstić information content (AvgIpc) is 2.82. The molecule has 0 rings (SSSR count). The summed E-state index contributed by atoms with van der Waals surface area (Å²) in [6.45, 7) is 4.87. The summed E-state index contributed by atoms with van der Waals surface area (Å²) in [6.07, 6.45) is 32.2. The van der Waals surface area contributed by atoms with Gasteiger partial charge in [-0.15, -0.1) is 0 Å². The SMILES string of the molecule is CCCCCC/C=C\CCCCCCCCC[C@H](N)O.CCCCCCCCCCO.COC. The lowest BCUT2D eigenvalue weighted by Crippen LogP contribution is -2.17. The van der Waals surface area contributed by atoms with E-state index < -0.39 is 6.23 Å². The molecule has 0 saturated carbocycles. The Hall–Kier alpha value is -0.420. The van der Waals surface area contributed by atoms with Crippen molar-refractivity contribution in [2.45, 2.75) is 161 Å². The van der Waals surface area contributed by atoms with Crippen LogP contribution in [0.4, 0.5) is 0 Å². The van der Waals surface area contributed by atoms with Crippen LogP contribution in [0.5, 0.6) is 0 Å². The highest BCUT2D eigenvalue weighted by Crippen LogP contribution is 2.11. The molecule has 0 aliphatic heterocycles. The maximum Gasteiger partial charge on any atom is 0.102 e. The number of aliphatic hydroxyl groups is 2. The van der Waals surface area contributed by atoms with Crippen LogP contribution in [0.25, 0.3) is 0 Å². The van der Waals surface area contributed by atoms with E-state index in [-0.39, 0.29) is 0 Å². The Morgan fingerprint density at radius 2 is 0.912 bits per heavy atom. The minimum atomic E-state index is -0.608. The van der Waals surface area contributed by atoms with Crippen LogP contribution in [-0.2, 0) is 4.74 Å². The van der Waals surface area contributed by atoms with Crippen molar-refractivity contribution in [3.63, 3.8) is 0 Å². The molecule has 0 radical (unpaired) electrons. The Morgan fingerprint density at radius 1 is 0.588 bits per heavy atom. The number of hydrogen-bond acceptors (Lipinski definition) is 4. The number of ether oxygens (including phenoxy) is 1. The van der Waals surface area contributed by atoms with Gasteiger partial charge in [-0.05, 0) is 44.9 Å². The summed E-state index contributed by atoms with van der Waals surface area (Å²) in [6, 6.07) is 0. The number of methoxy groups -OCH3 is 1. The Balaban J connectivity index is -0.000000575. The molecule has 0 unspecified atom stereocenters. The normalized spacial score (nSPS) is 11.6. The first kappa shape index (κ1) is 38.1. The first-order chi connectivity index (χ1) is 16.6. The molecule has 0 aliphatic rings. The van der Waals surface area contributed by atoms with Gasteiger partial charge in [-0.2, -0.15) is 0 Å². The minimum Gasteiger partial charge on any atom is -0.396 e. The topological polar surface area (TPSA) is 75.7 Å². The molecule has 0 aromatic heterocycles. The Labute approximate surface area is 215 Å². The standard InChI is InChI=1S/C18H37NO.C10H22O.C2H6O/c1-2-3-4-5-6-7-8-9-10-11-12-13-14-15-16-17-18(19)20;1-2-3-4-5-6-7-8-9-10-11;1-3-2/h7-8,18,20H,2-6,9-17,19H2,1H3;11H,2-10H2,1H3;1-2H3/b8-7-;;/t18-;;/m1../s1. The van der Waals surface area contributed by atoms with Crippen molar-refractivity contribution in [3.05, 3.63) is 12.2 Å². The van der Waals surface area contributed by atoms with E-state index in [1.807, 2.05) is 0 Å². The maximum atomic E-state index is 8.93. The van der Waals surface area contributed by atoms with Gasteiger partial charge in [0.1, 0.15) is 6.23 Å². The van der Waals surface area contributed by atoms with E-state index >= 15 is 0 Å². The second-order valence-electron chi connectivity index (χ2n) is 9.55. The molecule has 0 heterocycles. The molecular formula is C30H65NO3. The highest BCUT2D eigenvalue weighted by molar-refractivity contribution is 4.81. The zero-order valence-corrected chi connectivity index (χ0v) is 23.9. The predicted octanol–water partition coefficient (Wildman–Crippen LogP) is 8.68. The molecule has 0 bridgehead atoms. The third-order valence-electron chi connectivity index (χ3n) is 5.77. The zero-order chi connectivity index (χ0) is 26.0. The Bertz CT molecular complexity index is 327. The molecule has 208 valence electrons. The molecule has 4 heteroatoms. The van der Waals surface area contributed by atoms with Gasteiger partial charge in [0.25, 0.3) is 0 Å². The fraction of sp³-hybridized carbons (Fsp3) is 0.933. The van der Waals surface area contributed by atoms with Crippen LogP contribution in [0.2, 0.25) is 0 Å². The van der Waals surface area contributed by atoms with Gasteiger partial charge in [0, 0.05) is 20.8 Å². The summed E-state index contributed by atoms with van der Waals surface area (Å²) in [7, 11) is 3.25. The molecule has 1 atom stereocenters. The van der Waals surface area contributed by atoms with Crippen molar-refractivity contribution >= 4 is 0 Å². The third-order valence-corrected chi connectivity index (χ3v) is 5.77. The van der Waals surface area contributed by atoms with Crippen LogP contribution < -0.4 is 5.73 Å². The highest BCUT2D eigenvalue weighted by atomic mass is 16.4. The van der Waals surface area contributed by atoms with Crippen LogP contribution in [0.1, 0.15) is 155 Å². The molecule has 0 aromatic rings. The van der Waals surface area contributed by atoms with E-state index in [0.717, 1.165) is 19.3 Å². The van der Waals surface area contributed by atoms with Gasteiger partial charge in [-0.1, -0.05) is 122 Å². The summed E-state index contributed by atoms with van der Waals surface area (Å²) in [5, 5.41) is 17.4. The molecule has 0 spiro atoms. The number of hydrogen-bond donors (Lipinski definition) is 3. The lowest BCUT2D eigenvalue weighted by molar-refractivity contribution is 0.168. The first-order valence-electron chi connectivity index (χ1n) is 14.7. The molecule has 0 saturated heterocycles. The second-order valence-corrected chi connectivity index (χ2v) is 9.55. The van der Waals surface area contributed by atoms with Gasteiger partial charge in [-0.25, -0.2) is 0 Å². The fourth-order valence-corrected chi connectivity index (χ4v) is 3.67. The van der Waals surface area contributed by atoms with Crippen LogP contribution in [-0.4, -0.2) is 37.3 Å². The Kier molecular flexibility index (Phi) is 44.6. The van der Waals surface area contributed by atoms with Crippen LogP contribution in [0.3, 0.4) is 0 Å². The van der Waals surface area contributed by atoms with Crippen molar-refractivity contribution in [2.75, 3.05) is 20.8 Å². The third kappa shape index (κ3) is 48.9. The van der Waals surface area contributed by atoms with Crippen molar-refractivity contribution < 1.29 is 14.9 Å². The summed E-state index contributed by atoms with van der Waals surface area (Å²) in [5.74, 6) is 0. The molecule has 0 aromatic carbocycles. The number of aliphatic hydroxyl groups excluding tert-OH is 2. The van der Waals surface area contributed by atoms with Crippen LogP contribution >= 0.6 is 0 Å². The minimum absolute atomic E-state index is 0.370. The highest BCUT2D eigenvalue weighted by Gasteiger charge is 1.96. The summed E-state index contributed by atoms with van der Waals surface area (Å²) in [5.41, 5.74) is 5.30. The molecule has 0 fully saturated rings. The molecule has 34 heavy (non-hydrogen) atoms. The first-order valence-corrected chi connectivity index (χ1v) is 14.7. The number of rotatable bonds is 23. The van der Waals surface area contributed by atoms with E-state index in [0.29, 0.717) is 6.61 Å². The zero-order valence-electron chi connectivity index (χ0n) is 23.9. The number of unbranched alkanes of at least 4 members (excludes halogenated alkanes) is 18. The number of nitrogens with two attached hydrogens (primary N) is 1. The molecular weight excluding hydrogens is 422 g/mol. The predicted molar refractivity (Wildman–Crippen MR) is 152 cm³/mol. The summed E-state index contributed by atoms with van der Waals surface area (Å²) in [4.78, 5) is 0. The summed E-state index contributed by atoms with van der Waals surface area (Å²) < 4.78 is 4.25. The van der Waals surface area contributed by atoms with Crippen molar-refractivity contribution in [1.82, 2.24) is 0 Å². The lowest BCUT2D eigenvalue weighted by atomic mass is 10.1. The van der Waals surface area contributed by atoms with Crippen LogP contribution in [0, 0.1) is 0 Å². The average molecular weight is 488 g/mol. The van der Waals surface area contributed by atoms with Crippen molar-refractivity contribution in [1.29, 1.82) is 0 Å². The smallest absolute Gasteiger partial charge is 0.102 e. The van der Waals surface area contributed by atoms with Crippen molar-refractivity contribution in [3.8, 4) is 0 Å². The summed E-state index contributed by atoms with van der Waals surface area (Å²) >= 11 is 0. The fourth-order valence-electron chi connectivity index (χ4n) is 3.67. The monoisotopic (exact) mass is 487 g/mol. The van der Waals surface area contributed by atoms with E-state index in [2.05, 4.69) is 30.7 Å². The Morgan fingerprint density at radius 3 is 1.29 bits per heavy atom. The van der Waals surface area contributed by atoms with Crippen molar-refractivity contribution in [2.24, 2.45) is 5.73 Å². The van der Waals surface area contributed by atoms with Gasteiger partial charge in [0.2, 0.25) is 0 Å².